The maximum atomic E-state index is 4.77. The molecule has 120 valence electrons. The lowest BCUT2D eigenvalue weighted by Crippen LogP contribution is -2.36. The van der Waals surface area contributed by atoms with Crippen molar-refractivity contribution in [1.82, 2.24) is 35.1 Å². The van der Waals surface area contributed by atoms with Crippen molar-refractivity contribution < 1.29 is 4.63 Å². The second kappa shape index (κ2) is 5.71. The average molecular weight is 313 g/mol. The van der Waals surface area contributed by atoms with Gasteiger partial charge in [0.1, 0.15) is 11.0 Å². The van der Waals surface area contributed by atoms with Crippen LogP contribution in [0, 0.1) is 0 Å². The standard InChI is InChI=1S/C15H19N7O/c1-20(2)14-9-21(10-15(14)22-6-5-16-19-22)8-11-3-4-12-13(7-11)18-23-17-12/h3-7,14-15H,8-10H2,1-2H3/t14-,15+/m1/s1. The van der Waals surface area contributed by atoms with Crippen LogP contribution >= 0.6 is 0 Å². The molecular weight excluding hydrogens is 294 g/mol. The van der Waals surface area contributed by atoms with Crippen molar-refractivity contribution in [3.8, 4) is 0 Å². The molecular formula is C15H19N7O. The summed E-state index contributed by atoms with van der Waals surface area (Å²) in [5, 5.41) is 15.9. The number of hydrogen-bond donors (Lipinski definition) is 0. The van der Waals surface area contributed by atoms with Crippen molar-refractivity contribution in [2.75, 3.05) is 27.2 Å². The fourth-order valence-corrected chi connectivity index (χ4v) is 3.32. The third kappa shape index (κ3) is 2.71. The van der Waals surface area contributed by atoms with Gasteiger partial charge in [-0.3, -0.25) is 4.90 Å². The number of rotatable bonds is 4. The Balaban J connectivity index is 1.53. The molecule has 0 unspecified atom stereocenters. The highest BCUT2D eigenvalue weighted by molar-refractivity contribution is 5.73. The minimum atomic E-state index is 0.310. The zero-order valence-electron chi connectivity index (χ0n) is 13.2. The van der Waals surface area contributed by atoms with E-state index in [9.17, 15) is 0 Å². The first-order valence-corrected chi connectivity index (χ1v) is 7.66. The topological polar surface area (TPSA) is 76.1 Å². The van der Waals surface area contributed by atoms with E-state index in [-0.39, 0.29) is 0 Å². The monoisotopic (exact) mass is 313 g/mol. The largest absolute Gasteiger partial charge is 0.303 e. The summed E-state index contributed by atoms with van der Waals surface area (Å²) in [5.41, 5.74) is 2.81. The number of fused-ring (bicyclic) bond motifs is 1. The first-order chi connectivity index (χ1) is 11.2. The zero-order chi connectivity index (χ0) is 15.8. The molecule has 0 spiro atoms. The maximum Gasteiger partial charge on any atom is 0.135 e. The van der Waals surface area contributed by atoms with Crippen LogP contribution in [0.1, 0.15) is 11.6 Å². The molecule has 0 saturated carbocycles. The summed E-state index contributed by atoms with van der Waals surface area (Å²) in [7, 11) is 4.23. The number of hydrogen-bond acceptors (Lipinski definition) is 7. The van der Waals surface area contributed by atoms with Crippen molar-refractivity contribution in [1.29, 1.82) is 0 Å². The van der Waals surface area contributed by atoms with Gasteiger partial charge in [-0.1, -0.05) is 11.3 Å². The lowest BCUT2D eigenvalue weighted by atomic mass is 10.1. The van der Waals surface area contributed by atoms with Crippen LogP contribution < -0.4 is 0 Å². The summed E-state index contributed by atoms with van der Waals surface area (Å²) in [4.78, 5) is 4.70. The lowest BCUT2D eigenvalue weighted by Gasteiger charge is -2.24. The Morgan fingerprint density at radius 1 is 1.22 bits per heavy atom. The molecule has 0 amide bonds. The normalized spacial score (nSPS) is 22.4. The van der Waals surface area contributed by atoms with E-state index in [4.69, 9.17) is 4.63 Å². The Hall–Kier alpha value is -2.32. The molecule has 2 aromatic heterocycles. The Labute approximate surface area is 133 Å². The van der Waals surface area contributed by atoms with Gasteiger partial charge in [-0.05, 0) is 42.1 Å². The van der Waals surface area contributed by atoms with E-state index in [1.54, 1.807) is 6.20 Å². The number of likely N-dealkylation sites (tertiary alicyclic amines) is 1. The summed E-state index contributed by atoms with van der Waals surface area (Å²) in [6.45, 7) is 2.81. The van der Waals surface area contributed by atoms with Gasteiger partial charge in [0.05, 0.1) is 12.2 Å². The quantitative estimate of drug-likeness (QED) is 0.705. The van der Waals surface area contributed by atoms with Gasteiger partial charge in [0.2, 0.25) is 0 Å². The van der Waals surface area contributed by atoms with Gasteiger partial charge in [-0.25, -0.2) is 9.31 Å². The summed E-state index contributed by atoms with van der Waals surface area (Å²) < 4.78 is 6.73. The Morgan fingerprint density at radius 3 is 2.87 bits per heavy atom. The van der Waals surface area contributed by atoms with Crippen LogP contribution in [-0.4, -0.2) is 68.3 Å². The van der Waals surface area contributed by atoms with Crippen molar-refractivity contribution in [3.63, 3.8) is 0 Å². The molecule has 0 N–H and O–H groups in total. The Kier molecular flexibility index (Phi) is 3.55. The van der Waals surface area contributed by atoms with Crippen LogP contribution in [0.25, 0.3) is 11.0 Å². The van der Waals surface area contributed by atoms with Gasteiger partial charge in [0, 0.05) is 31.9 Å². The van der Waals surface area contributed by atoms with E-state index in [2.05, 4.69) is 50.6 Å². The summed E-state index contributed by atoms with van der Waals surface area (Å²) >= 11 is 0. The van der Waals surface area contributed by atoms with Gasteiger partial charge in [-0.15, -0.1) is 5.10 Å². The number of nitrogens with zero attached hydrogens (tertiary/aromatic N) is 7. The molecule has 0 radical (unpaired) electrons. The number of benzene rings is 1. The van der Waals surface area contributed by atoms with Crippen LogP contribution in [0.5, 0.6) is 0 Å². The van der Waals surface area contributed by atoms with Crippen LogP contribution in [0.15, 0.2) is 35.2 Å². The molecule has 1 aliphatic rings. The third-order valence-corrected chi connectivity index (χ3v) is 4.50. The molecule has 1 saturated heterocycles. The fraction of sp³-hybridized carbons (Fsp3) is 0.467. The van der Waals surface area contributed by atoms with Gasteiger partial charge in [-0.2, -0.15) is 0 Å². The summed E-state index contributed by atoms with van der Waals surface area (Å²) in [5.74, 6) is 0. The molecule has 1 aromatic carbocycles. The zero-order valence-corrected chi connectivity index (χ0v) is 13.2. The SMILES string of the molecule is CN(C)[C@@H]1CN(Cc2ccc3nonc3c2)C[C@@H]1n1ccnn1. The lowest BCUT2D eigenvalue weighted by molar-refractivity contribution is 0.237. The van der Waals surface area contributed by atoms with Crippen molar-refractivity contribution in [2.24, 2.45) is 0 Å². The van der Waals surface area contributed by atoms with E-state index in [0.717, 1.165) is 30.7 Å². The predicted octanol–water partition coefficient (Wildman–Crippen LogP) is 0.801. The summed E-state index contributed by atoms with van der Waals surface area (Å²) in [6.07, 6.45) is 3.68. The molecule has 1 fully saturated rings. The first kappa shape index (κ1) is 14.3. The van der Waals surface area contributed by atoms with E-state index in [1.807, 2.05) is 23.0 Å². The Morgan fingerprint density at radius 2 is 2.09 bits per heavy atom. The molecule has 23 heavy (non-hydrogen) atoms. The molecule has 0 aliphatic carbocycles. The van der Waals surface area contributed by atoms with Gasteiger partial charge in [0.15, 0.2) is 0 Å². The van der Waals surface area contributed by atoms with Crippen LogP contribution in [0.2, 0.25) is 0 Å². The molecule has 3 aromatic rings. The molecule has 2 atom stereocenters. The van der Waals surface area contributed by atoms with E-state index in [1.165, 1.54) is 5.56 Å². The first-order valence-electron chi connectivity index (χ1n) is 7.66. The second-order valence-electron chi connectivity index (χ2n) is 6.26. The van der Waals surface area contributed by atoms with E-state index in [0.29, 0.717) is 12.1 Å². The third-order valence-electron chi connectivity index (χ3n) is 4.50. The van der Waals surface area contributed by atoms with Crippen LogP contribution in [-0.2, 0) is 6.54 Å². The van der Waals surface area contributed by atoms with Gasteiger partial charge >= 0.3 is 0 Å². The van der Waals surface area contributed by atoms with E-state index >= 15 is 0 Å². The van der Waals surface area contributed by atoms with E-state index < -0.39 is 0 Å². The van der Waals surface area contributed by atoms with Crippen LogP contribution in [0.4, 0.5) is 0 Å². The highest BCUT2D eigenvalue weighted by Crippen LogP contribution is 2.26. The number of likely N-dealkylation sites (N-methyl/N-ethyl adjacent to an activating group) is 1. The minimum absolute atomic E-state index is 0.310. The molecule has 4 rings (SSSR count). The molecule has 3 heterocycles. The highest BCUT2D eigenvalue weighted by Gasteiger charge is 2.35. The Bertz CT molecular complexity index is 782. The summed E-state index contributed by atoms with van der Waals surface area (Å²) in [6, 6.07) is 6.80. The van der Waals surface area contributed by atoms with Crippen molar-refractivity contribution >= 4 is 11.0 Å². The number of aromatic nitrogens is 5. The van der Waals surface area contributed by atoms with Gasteiger partial charge < -0.3 is 4.90 Å². The minimum Gasteiger partial charge on any atom is -0.303 e. The smallest absolute Gasteiger partial charge is 0.135 e. The highest BCUT2D eigenvalue weighted by atomic mass is 16.6. The molecule has 8 heteroatoms. The van der Waals surface area contributed by atoms with Crippen LogP contribution in [0.3, 0.4) is 0 Å². The predicted molar refractivity (Wildman–Crippen MR) is 83.6 cm³/mol. The van der Waals surface area contributed by atoms with Crippen molar-refractivity contribution in [2.45, 2.75) is 18.6 Å². The van der Waals surface area contributed by atoms with Gasteiger partial charge in [0.25, 0.3) is 0 Å². The molecule has 0 bridgehead atoms. The second-order valence-corrected chi connectivity index (χ2v) is 6.26. The molecule has 1 aliphatic heterocycles. The average Bonchev–Trinajstić information content (AvgIpc) is 3.26. The maximum absolute atomic E-state index is 4.77. The molecule has 8 nitrogen and oxygen atoms in total. The van der Waals surface area contributed by atoms with Crippen molar-refractivity contribution in [3.05, 3.63) is 36.2 Å². The fourth-order valence-electron chi connectivity index (χ4n) is 3.32.